The Bertz CT molecular complexity index is 2940. The molecule has 2 fully saturated rings. The maximum absolute atomic E-state index is 2.79. The summed E-state index contributed by atoms with van der Waals surface area (Å²) >= 11 is 1.85. The van der Waals surface area contributed by atoms with Crippen molar-refractivity contribution in [1.29, 1.82) is 0 Å². The molecular weight excluding hydrogens is 817 g/mol. The van der Waals surface area contributed by atoms with Gasteiger partial charge in [-0.3, -0.25) is 0 Å². The van der Waals surface area contributed by atoms with E-state index in [0.29, 0.717) is 5.92 Å². The highest BCUT2D eigenvalue weighted by atomic mass is 32.1. The van der Waals surface area contributed by atoms with Gasteiger partial charge in [0.05, 0.1) is 5.69 Å². The zero-order chi connectivity index (χ0) is 45.0. The molecule has 0 bridgehead atoms. The quantitative estimate of drug-likeness (QED) is 0.150. The van der Waals surface area contributed by atoms with Crippen molar-refractivity contribution in [2.24, 2.45) is 0 Å². The molecule has 3 heteroatoms. The highest BCUT2D eigenvalue weighted by Gasteiger charge is 2.57. The highest BCUT2D eigenvalue weighted by molar-refractivity contribution is 7.17. The zero-order valence-electron chi connectivity index (χ0n) is 39.6. The average Bonchev–Trinajstić information content (AvgIpc) is 3.85. The second-order valence-electron chi connectivity index (χ2n) is 21.2. The summed E-state index contributed by atoms with van der Waals surface area (Å²) in [5, 5.41) is 3.68. The van der Waals surface area contributed by atoms with Gasteiger partial charge < -0.3 is 9.80 Å². The fourth-order valence-corrected chi connectivity index (χ4v) is 13.1. The number of benzene rings is 7. The fourth-order valence-electron chi connectivity index (χ4n) is 12.2. The Morgan fingerprint density at radius 3 is 1.77 bits per heavy atom. The van der Waals surface area contributed by atoms with Gasteiger partial charge in [0, 0.05) is 49.2 Å². The summed E-state index contributed by atoms with van der Waals surface area (Å²) in [6, 6.07) is 62.5. The molecule has 1 aromatic heterocycles. The van der Waals surface area contributed by atoms with Crippen LogP contribution in [0, 0.1) is 0 Å². The number of hydrogen-bond donors (Lipinski definition) is 0. The van der Waals surface area contributed by atoms with Gasteiger partial charge in [0.1, 0.15) is 0 Å². The predicted molar refractivity (Wildman–Crippen MR) is 285 cm³/mol. The van der Waals surface area contributed by atoms with Crippen molar-refractivity contribution in [3.05, 3.63) is 186 Å². The number of fused-ring (bicyclic) bond motifs is 3. The average molecular weight is 881 g/mol. The van der Waals surface area contributed by atoms with E-state index in [4.69, 9.17) is 0 Å². The summed E-state index contributed by atoms with van der Waals surface area (Å²) in [7, 11) is 0. The van der Waals surface area contributed by atoms with Gasteiger partial charge in [-0.05, 0) is 168 Å². The molecule has 7 aromatic carbocycles. The molecule has 0 unspecified atom stereocenters. The molecule has 0 atom stereocenters. The summed E-state index contributed by atoms with van der Waals surface area (Å²) < 4.78 is 1.31. The minimum Gasteiger partial charge on any atom is -0.335 e. The summed E-state index contributed by atoms with van der Waals surface area (Å²) in [6.45, 7) is 12.1. The van der Waals surface area contributed by atoms with E-state index in [1.165, 1.54) is 136 Å². The van der Waals surface area contributed by atoms with Crippen LogP contribution < -0.4 is 9.80 Å². The van der Waals surface area contributed by atoms with Gasteiger partial charge in [-0.1, -0.05) is 156 Å². The molecule has 1 aliphatic heterocycles. The molecule has 1 spiro atoms. The number of anilines is 5. The molecule has 0 saturated heterocycles. The number of hydrogen-bond acceptors (Lipinski definition) is 3. The standard InChI is InChI=1S/C63H64N2S/c1-61(2,3)52-30-32-60-56(41-52)59(43-66-60)64(53-27-17-9-18-28-53)54-38-51(50-36-48(45-23-13-7-14-24-45)35-49(37-50)46-25-15-8-16-26-46)39-55(42-54)65-58-31-29-47(44-21-11-6-12-22-44)40-57(58)63(62(65,4)5)33-19-10-20-34-63/h7-9,13-18,23-32,35-44H,6,10-12,19-22,33-34H2,1-5H3. The van der Waals surface area contributed by atoms with Crippen LogP contribution in [0.15, 0.2) is 169 Å². The van der Waals surface area contributed by atoms with Crippen LogP contribution in [-0.2, 0) is 10.8 Å². The minimum absolute atomic E-state index is 0.0267. The lowest BCUT2D eigenvalue weighted by Gasteiger charge is -2.49. The van der Waals surface area contributed by atoms with Crippen LogP contribution in [0.4, 0.5) is 28.4 Å². The van der Waals surface area contributed by atoms with Crippen LogP contribution in [0.1, 0.15) is 121 Å². The SMILES string of the molecule is CC(C)(C)c1ccc2scc(N(c3ccccc3)c3cc(-c4cc(-c5ccccc5)cc(-c5ccccc5)c4)cc(N4c5ccc(C6CCCCC6)cc5C5(CCCCC5)C4(C)C)c3)c2c1. The minimum atomic E-state index is -0.161. The Labute approximate surface area is 398 Å². The molecule has 332 valence electrons. The van der Waals surface area contributed by atoms with Crippen LogP contribution in [0.2, 0.25) is 0 Å². The number of nitrogens with zero attached hydrogens (tertiary/aromatic N) is 2. The summed E-state index contributed by atoms with van der Waals surface area (Å²) in [4.78, 5) is 5.33. The molecule has 66 heavy (non-hydrogen) atoms. The first-order valence-electron chi connectivity index (χ1n) is 24.8. The van der Waals surface area contributed by atoms with Gasteiger partial charge >= 0.3 is 0 Å². The van der Waals surface area contributed by atoms with E-state index in [9.17, 15) is 0 Å². The Morgan fingerprint density at radius 1 is 0.545 bits per heavy atom. The van der Waals surface area contributed by atoms with Crippen molar-refractivity contribution in [3.8, 4) is 33.4 Å². The van der Waals surface area contributed by atoms with Crippen LogP contribution in [0.25, 0.3) is 43.5 Å². The maximum atomic E-state index is 2.79. The molecule has 2 aliphatic carbocycles. The van der Waals surface area contributed by atoms with E-state index < -0.39 is 0 Å². The normalized spacial score (nSPS) is 17.0. The molecule has 0 radical (unpaired) electrons. The monoisotopic (exact) mass is 880 g/mol. The molecule has 11 rings (SSSR count). The van der Waals surface area contributed by atoms with Crippen LogP contribution in [0.3, 0.4) is 0 Å². The Hall–Kier alpha value is -5.90. The van der Waals surface area contributed by atoms with Crippen LogP contribution >= 0.6 is 11.3 Å². The Morgan fingerprint density at radius 2 is 1.14 bits per heavy atom. The molecule has 2 nitrogen and oxygen atoms in total. The predicted octanol–water partition coefficient (Wildman–Crippen LogP) is 18.8. The summed E-state index contributed by atoms with van der Waals surface area (Å²) in [5.74, 6) is 0.672. The molecule has 2 heterocycles. The van der Waals surface area contributed by atoms with E-state index in [0.717, 1.165) is 5.69 Å². The van der Waals surface area contributed by atoms with Crippen LogP contribution in [0.5, 0.6) is 0 Å². The molecule has 0 N–H and O–H groups in total. The van der Waals surface area contributed by atoms with E-state index in [1.54, 1.807) is 11.1 Å². The van der Waals surface area contributed by atoms with E-state index in [-0.39, 0.29) is 16.4 Å². The lowest BCUT2D eigenvalue weighted by molar-refractivity contribution is 0.199. The Kier molecular flexibility index (Phi) is 11.0. The van der Waals surface area contributed by atoms with Gasteiger partial charge in [0.15, 0.2) is 0 Å². The lowest BCUT2D eigenvalue weighted by atomic mass is 9.61. The third kappa shape index (κ3) is 7.58. The third-order valence-corrected chi connectivity index (χ3v) is 16.8. The van der Waals surface area contributed by atoms with Gasteiger partial charge in [-0.2, -0.15) is 0 Å². The van der Waals surface area contributed by atoms with E-state index >= 15 is 0 Å². The highest BCUT2D eigenvalue weighted by Crippen LogP contribution is 2.62. The van der Waals surface area contributed by atoms with Crippen molar-refractivity contribution in [2.75, 3.05) is 9.80 Å². The van der Waals surface area contributed by atoms with E-state index in [1.807, 2.05) is 11.3 Å². The maximum Gasteiger partial charge on any atom is 0.0647 e. The first-order chi connectivity index (χ1) is 32.1. The van der Waals surface area contributed by atoms with Crippen molar-refractivity contribution >= 4 is 49.9 Å². The largest absolute Gasteiger partial charge is 0.335 e. The van der Waals surface area contributed by atoms with Gasteiger partial charge in [-0.25, -0.2) is 0 Å². The zero-order valence-corrected chi connectivity index (χ0v) is 40.4. The van der Waals surface area contributed by atoms with Crippen molar-refractivity contribution < 1.29 is 0 Å². The second kappa shape index (κ2) is 17.1. The van der Waals surface area contributed by atoms with Gasteiger partial charge in [0.25, 0.3) is 0 Å². The molecule has 2 saturated carbocycles. The molecular formula is C63H64N2S. The Balaban J connectivity index is 1.18. The van der Waals surface area contributed by atoms with Gasteiger partial charge in [-0.15, -0.1) is 11.3 Å². The third-order valence-electron chi connectivity index (χ3n) is 15.9. The van der Waals surface area contributed by atoms with Crippen molar-refractivity contribution in [1.82, 2.24) is 0 Å². The topological polar surface area (TPSA) is 6.48 Å². The van der Waals surface area contributed by atoms with Gasteiger partial charge in [0.2, 0.25) is 0 Å². The number of rotatable bonds is 8. The fraction of sp³-hybridized carbons (Fsp3) is 0.302. The summed E-state index contributed by atoms with van der Waals surface area (Å²) in [6.07, 6.45) is 13.1. The molecule has 8 aromatic rings. The van der Waals surface area contributed by atoms with Crippen molar-refractivity contribution in [3.63, 3.8) is 0 Å². The molecule has 3 aliphatic rings. The van der Waals surface area contributed by atoms with Crippen LogP contribution in [-0.4, -0.2) is 5.54 Å². The van der Waals surface area contributed by atoms with Crippen molar-refractivity contribution in [2.45, 2.75) is 121 Å². The second-order valence-corrected chi connectivity index (χ2v) is 22.1. The summed E-state index contributed by atoms with van der Waals surface area (Å²) in [5.41, 5.74) is 18.0. The van der Waals surface area contributed by atoms with E-state index in [2.05, 4.69) is 214 Å². The number of thiophene rings is 1. The lowest BCUT2D eigenvalue weighted by Crippen LogP contribution is -2.52. The first kappa shape index (κ1) is 42.7. The number of para-hydroxylation sites is 1. The first-order valence-corrected chi connectivity index (χ1v) is 25.7. The smallest absolute Gasteiger partial charge is 0.0647 e. The molecule has 0 amide bonds.